The molecule has 0 bridgehead atoms. The number of para-hydroxylation sites is 2. The minimum absolute atomic E-state index is 0.0843. The molecule has 132 heavy (non-hydrogen) atoms. The number of methoxy groups -OCH3 is 2. The number of fused-ring (bicyclic) bond motifs is 13. The minimum Gasteiger partial charge on any atom is -0.495 e. The Kier molecular flexibility index (Phi) is 26.0. The molecular weight excluding hydrogens is 1710 g/mol. The van der Waals surface area contributed by atoms with E-state index >= 15 is 0 Å². The zero-order chi connectivity index (χ0) is 90.1. The molecular formula is C109H130F3N13O4S3. The molecule has 14 unspecified atom stereocenters. The number of halogens is 3. The highest BCUT2D eigenvalue weighted by Crippen LogP contribution is 2.49. The monoisotopic (exact) mass is 1840 g/mol. The van der Waals surface area contributed by atoms with Crippen molar-refractivity contribution in [3.63, 3.8) is 0 Å². The SMILES string of the molecule is CN1CC2C=C(c3cccc4ccccc34)CC2C1.CN1CC2CN(c3cc(F)cc4sccc34)CC2C1.CN1CC2CN(c3cccc4c3OCO4)CC2C1.COc1c(C)cccc1N1CC2CN(C)CC2C1.COc1cc2cc(C)ccc2cc1N1CC2CN(C)CC2C1.Fc1cc(N2CC3CNCC3C2)c2ccsc2c1.Fc1cc(N2CC3CNCC3C2)cc2sccc12. The highest BCUT2D eigenvalue weighted by Gasteiger charge is 2.46. The molecule has 9 aromatic carbocycles. The van der Waals surface area contributed by atoms with Crippen LogP contribution >= 0.6 is 34.0 Å². The summed E-state index contributed by atoms with van der Waals surface area (Å²) in [6.45, 7) is 34.7. The van der Waals surface area contributed by atoms with Gasteiger partial charge in [-0.05, 0) is 278 Å². The molecule has 0 saturated carbocycles. The molecule has 0 amide bonds. The fourth-order valence-corrected chi connectivity index (χ4v) is 28.0. The maximum absolute atomic E-state index is 14.0. The summed E-state index contributed by atoms with van der Waals surface area (Å²) in [4.78, 5) is 26.9. The summed E-state index contributed by atoms with van der Waals surface area (Å²) in [6.07, 6.45) is 3.79. The average molecular weight is 1840 g/mol. The van der Waals surface area contributed by atoms with Gasteiger partial charge in [-0.15, -0.1) is 34.0 Å². The van der Waals surface area contributed by atoms with Crippen LogP contribution in [0.3, 0.4) is 0 Å². The van der Waals surface area contributed by atoms with Crippen LogP contribution in [0.4, 0.5) is 47.3 Å². The maximum atomic E-state index is 14.0. The van der Waals surface area contributed by atoms with E-state index in [-0.39, 0.29) is 17.5 Å². The topological polar surface area (TPSA) is 96.6 Å². The number of benzene rings is 9. The predicted octanol–water partition coefficient (Wildman–Crippen LogP) is 18.8. The highest BCUT2D eigenvalue weighted by molar-refractivity contribution is 7.17. The third-order valence-electron chi connectivity index (χ3n) is 31.8. The van der Waals surface area contributed by atoms with Crippen LogP contribution in [0.2, 0.25) is 0 Å². The van der Waals surface area contributed by atoms with Crippen molar-refractivity contribution < 1.29 is 32.1 Å². The number of allylic oxidation sites excluding steroid dienone is 1. The zero-order valence-electron chi connectivity index (χ0n) is 78.2. The summed E-state index contributed by atoms with van der Waals surface area (Å²) in [7, 11) is 14.7. The lowest BCUT2D eigenvalue weighted by Gasteiger charge is -2.24. The van der Waals surface area contributed by atoms with Gasteiger partial charge in [-0.2, -0.15) is 0 Å². The van der Waals surface area contributed by atoms with Crippen molar-refractivity contribution in [1.82, 2.24) is 35.1 Å². The van der Waals surface area contributed by atoms with E-state index in [4.69, 9.17) is 18.9 Å². The first-order valence-corrected chi connectivity index (χ1v) is 51.0. The first-order valence-electron chi connectivity index (χ1n) is 48.4. The van der Waals surface area contributed by atoms with E-state index < -0.39 is 0 Å². The lowest BCUT2D eigenvalue weighted by molar-refractivity contribution is 0.174. The largest absolute Gasteiger partial charge is 0.495 e. The second kappa shape index (κ2) is 38.4. The molecule has 1 aliphatic carbocycles. The number of hydrogen-bond donors (Lipinski definition) is 2. The molecule has 13 fully saturated rings. The molecule has 17 nitrogen and oxygen atoms in total. The number of likely N-dealkylation sites (tertiary alicyclic amines) is 5. The van der Waals surface area contributed by atoms with Crippen molar-refractivity contribution in [3.05, 3.63) is 220 Å². The number of nitrogens with one attached hydrogen (secondary N) is 2. The zero-order valence-corrected chi connectivity index (χ0v) is 80.6. The molecule has 0 radical (unpaired) electrons. The van der Waals surface area contributed by atoms with Crippen LogP contribution in [0, 0.1) is 114 Å². The van der Waals surface area contributed by atoms with E-state index in [2.05, 4.69) is 246 Å². The van der Waals surface area contributed by atoms with Crippen LogP contribution in [0.15, 0.2) is 186 Å². The molecule has 15 aliphatic rings. The maximum Gasteiger partial charge on any atom is 0.231 e. The van der Waals surface area contributed by atoms with E-state index in [1.807, 2.05) is 22.9 Å². The molecule has 23 heteroatoms. The summed E-state index contributed by atoms with van der Waals surface area (Å²) < 4.78 is 66.9. The van der Waals surface area contributed by atoms with Crippen molar-refractivity contribution >= 4 is 126 Å². The van der Waals surface area contributed by atoms with Gasteiger partial charge in [0.25, 0.3) is 0 Å². The first-order chi connectivity index (χ1) is 64.3. The Hall–Kier alpha value is -9.37. The Morgan fingerprint density at radius 3 is 1.36 bits per heavy atom. The van der Waals surface area contributed by atoms with Gasteiger partial charge >= 0.3 is 0 Å². The molecule has 694 valence electrons. The molecule has 27 rings (SSSR count). The Morgan fingerprint density at radius 1 is 0.356 bits per heavy atom. The summed E-state index contributed by atoms with van der Waals surface area (Å²) in [6, 6.07) is 55.8. The molecule has 2 N–H and O–H groups in total. The van der Waals surface area contributed by atoms with Gasteiger partial charge in [0, 0.05) is 217 Å². The summed E-state index contributed by atoms with van der Waals surface area (Å²) >= 11 is 4.85. The van der Waals surface area contributed by atoms with Crippen LogP contribution in [0.1, 0.15) is 23.1 Å². The Bertz CT molecular complexity index is 6040. The molecule has 14 atom stereocenters. The fourth-order valence-electron chi connectivity index (χ4n) is 25.5. The standard InChI is InChI=1S/C19H24N2O.C18H19N.C15H17FN2S.C15H22N2O.2C14H15FN2S.C14H18N2O2/c1-13-4-5-14-7-18(19(22-3)8-15(14)6-13)21-11-16-9-20(2)10-17(16)12-21;1-19-11-15-9-14(10-16(15)12-19)18-8-4-6-13-5-2-3-7-17(13)18;1-17-6-10-8-18(9-11(10)7-17)14-4-12(16)5-15-13(14)2-3-19-15;1-11-5-4-6-14(15(11)18-3)17-9-12-7-16(2)8-13(12)10-17;15-13-3-11(4-14-12(13)1-2-18-14)17-7-9-5-16-6-10(9)8-17;15-11-3-13(12-1-2-18-14(12)4-11)17-7-9-5-16-6-10(9)8-17;1-15-5-10-7-16(8-11(10)6-15)12-3-2-4-13-14(12)18-9-17-13/h4-8,16-17H,9-12H2,1-3H3;2-9,15-16H,10-12H2,1H3;2-5,10-11H,6-9H2,1H3;4-6,12-13H,7-10H2,1-3H3;2*1-4,9-10,16H,5-8H2;2-4,10-11H,5-9H2,1H3. The van der Waals surface area contributed by atoms with E-state index in [0.29, 0.717) is 6.79 Å². The number of ether oxygens (including phenoxy) is 4. The van der Waals surface area contributed by atoms with Gasteiger partial charge in [-0.25, -0.2) is 13.2 Å². The highest BCUT2D eigenvalue weighted by atomic mass is 32.1. The lowest BCUT2D eigenvalue weighted by atomic mass is 9.95. The van der Waals surface area contributed by atoms with Crippen LogP contribution in [0.25, 0.3) is 57.4 Å². The van der Waals surface area contributed by atoms with Crippen LogP contribution < -0.4 is 59.0 Å². The van der Waals surface area contributed by atoms with E-state index in [0.717, 1.165) is 234 Å². The minimum atomic E-state index is -0.116. The molecule has 14 aliphatic heterocycles. The van der Waals surface area contributed by atoms with Crippen LogP contribution in [0.5, 0.6) is 23.0 Å². The Morgan fingerprint density at radius 2 is 0.818 bits per heavy atom. The van der Waals surface area contributed by atoms with Gasteiger partial charge in [0.05, 0.1) is 31.3 Å². The van der Waals surface area contributed by atoms with Crippen molar-refractivity contribution in [2.24, 2.45) is 82.9 Å². The summed E-state index contributed by atoms with van der Waals surface area (Å²) in [5, 5.41) is 21.4. The number of nitrogens with zero attached hydrogens (tertiary/aromatic N) is 11. The lowest BCUT2D eigenvalue weighted by Crippen LogP contribution is -2.27. The van der Waals surface area contributed by atoms with E-state index in [1.54, 1.807) is 84.1 Å². The van der Waals surface area contributed by atoms with Gasteiger partial charge in [0.15, 0.2) is 11.5 Å². The molecule has 12 aromatic rings. The van der Waals surface area contributed by atoms with Crippen molar-refractivity contribution in [2.45, 2.75) is 20.3 Å². The number of anilines is 6. The number of thiophene rings is 3. The van der Waals surface area contributed by atoms with Crippen molar-refractivity contribution in [2.75, 3.05) is 256 Å². The summed E-state index contributed by atoms with van der Waals surface area (Å²) in [5.41, 5.74) is 12.5. The Labute approximate surface area is 789 Å². The first kappa shape index (κ1) is 89.2. The normalized spacial score (nSPS) is 27.2. The Balaban J connectivity index is 0.0000000929. The molecule has 13 saturated heterocycles. The molecule has 0 spiro atoms. The number of rotatable bonds is 9. The predicted molar refractivity (Wildman–Crippen MR) is 543 cm³/mol. The van der Waals surface area contributed by atoms with E-state index in [9.17, 15) is 13.2 Å². The van der Waals surface area contributed by atoms with Crippen molar-refractivity contribution in [3.8, 4) is 23.0 Å². The smallest absolute Gasteiger partial charge is 0.231 e. The molecule has 17 heterocycles. The van der Waals surface area contributed by atoms with E-state index in [1.165, 1.54) is 151 Å². The van der Waals surface area contributed by atoms with Gasteiger partial charge in [0.1, 0.15) is 29.0 Å². The number of hydrogen-bond acceptors (Lipinski definition) is 20. The fraction of sp³-hybridized carbons (Fsp3) is 0.468. The van der Waals surface area contributed by atoms with Crippen LogP contribution in [-0.4, -0.2) is 251 Å². The third kappa shape index (κ3) is 18.6. The average Bonchev–Trinajstić information content (AvgIpc) is 1.34. The van der Waals surface area contributed by atoms with Gasteiger partial charge < -0.3 is 83.5 Å². The second-order valence-corrected chi connectivity index (χ2v) is 44.0. The number of aryl methyl sites for hydroxylation is 2. The van der Waals surface area contributed by atoms with Crippen LogP contribution in [-0.2, 0) is 0 Å². The quantitative estimate of drug-likeness (QED) is 0.143. The van der Waals surface area contributed by atoms with Crippen molar-refractivity contribution in [1.29, 1.82) is 0 Å². The van der Waals surface area contributed by atoms with Gasteiger partial charge in [-0.3, -0.25) is 0 Å². The second-order valence-electron chi connectivity index (χ2n) is 41.1. The molecule has 3 aromatic heterocycles. The van der Waals surface area contributed by atoms with Gasteiger partial charge in [-0.1, -0.05) is 90.5 Å². The van der Waals surface area contributed by atoms with Gasteiger partial charge in [0.2, 0.25) is 6.79 Å². The third-order valence-corrected chi connectivity index (χ3v) is 34.4. The summed E-state index contributed by atoms with van der Waals surface area (Å²) in [5.74, 6) is 14.6.